The van der Waals surface area contributed by atoms with Crippen LogP contribution >= 0.6 is 22.6 Å². The molecule has 0 saturated carbocycles. The Morgan fingerprint density at radius 1 is 1.47 bits per heavy atom. The Bertz CT molecular complexity index is 413. The van der Waals surface area contributed by atoms with Crippen molar-refractivity contribution in [1.29, 1.82) is 0 Å². The number of carbonyl (C=O) groups excluding carboxylic acids is 1. The number of ketones is 1. The van der Waals surface area contributed by atoms with Gasteiger partial charge in [0.05, 0.1) is 32.5 Å². The number of ether oxygens (including phenoxy) is 3. The SMILES string of the molecule is COc1ccc(I)cc1C(=O)C1COCCO1. The average Bonchev–Trinajstić information content (AvgIpc) is 2.39. The molecule has 2 rings (SSSR count). The Kier molecular flexibility index (Phi) is 4.36. The molecule has 92 valence electrons. The summed E-state index contributed by atoms with van der Waals surface area (Å²) in [5.41, 5.74) is 0.551. The van der Waals surface area contributed by atoms with Crippen molar-refractivity contribution in [2.45, 2.75) is 6.10 Å². The van der Waals surface area contributed by atoms with Gasteiger partial charge in [-0.3, -0.25) is 4.79 Å². The van der Waals surface area contributed by atoms with Gasteiger partial charge in [0.1, 0.15) is 11.9 Å². The van der Waals surface area contributed by atoms with Crippen LogP contribution in [-0.2, 0) is 9.47 Å². The minimum Gasteiger partial charge on any atom is -0.496 e. The molecule has 0 spiro atoms. The standard InChI is InChI=1S/C12H13IO4/c1-15-10-3-2-8(13)6-9(10)12(14)11-7-16-4-5-17-11/h2-3,6,11H,4-5,7H2,1H3. The van der Waals surface area contributed by atoms with Gasteiger partial charge < -0.3 is 14.2 Å². The van der Waals surface area contributed by atoms with Crippen LogP contribution in [0.2, 0.25) is 0 Å². The number of benzene rings is 1. The second kappa shape index (κ2) is 5.79. The van der Waals surface area contributed by atoms with E-state index in [2.05, 4.69) is 22.6 Å². The first-order valence-electron chi connectivity index (χ1n) is 5.29. The Balaban J connectivity index is 2.25. The van der Waals surface area contributed by atoms with Crippen molar-refractivity contribution in [2.75, 3.05) is 26.9 Å². The van der Waals surface area contributed by atoms with E-state index in [-0.39, 0.29) is 5.78 Å². The molecule has 0 bridgehead atoms. The summed E-state index contributed by atoms with van der Waals surface area (Å²) < 4.78 is 16.8. The number of Topliss-reactive ketones (excluding diaryl/α,β-unsaturated/α-hetero) is 1. The van der Waals surface area contributed by atoms with Gasteiger partial charge in [-0.1, -0.05) is 0 Å². The van der Waals surface area contributed by atoms with Crippen molar-refractivity contribution in [3.63, 3.8) is 0 Å². The summed E-state index contributed by atoms with van der Waals surface area (Å²) in [6.45, 7) is 1.32. The Labute approximate surface area is 113 Å². The van der Waals surface area contributed by atoms with Gasteiger partial charge in [-0.15, -0.1) is 0 Å². The lowest BCUT2D eigenvalue weighted by atomic mass is 10.1. The molecule has 17 heavy (non-hydrogen) atoms. The van der Waals surface area contributed by atoms with Gasteiger partial charge in [0.15, 0.2) is 5.78 Å². The molecular formula is C12H13IO4. The number of rotatable bonds is 3. The highest BCUT2D eigenvalue weighted by Gasteiger charge is 2.26. The summed E-state index contributed by atoms with van der Waals surface area (Å²) in [6.07, 6.45) is -0.518. The Morgan fingerprint density at radius 3 is 2.94 bits per heavy atom. The number of hydrogen-bond donors (Lipinski definition) is 0. The smallest absolute Gasteiger partial charge is 0.197 e. The van der Waals surface area contributed by atoms with Crippen molar-refractivity contribution in [1.82, 2.24) is 0 Å². The number of methoxy groups -OCH3 is 1. The van der Waals surface area contributed by atoms with Gasteiger partial charge in [0.25, 0.3) is 0 Å². The Hall–Kier alpha value is -0.660. The minimum absolute atomic E-state index is 0.0833. The fourth-order valence-corrected chi connectivity index (χ4v) is 2.18. The predicted octanol–water partition coefficient (Wildman–Crippen LogP) is 1.90. The zero-order valence-electron chi connectivity index (χ0n) is 9.44. The number of carbonyl (C=O) groups is 1. The second-order valence-corrected chi connectivity index (χ2v) is 4.89. The van der Waals surface area contributed by atoms with Crippen LogP contribution in [0.1, 0.15) is 10.4 Å². The van der Waals surface area contributed by atoms with E-state index in [1.165, 1.54) is 0 Å². The summed E-state index contributed by atoms with van der Waals surface area (Å²) in [5.74, 6) is 0.490. The van der Waals surface area contributed by atoms with Crippen LogP contribution in [0.4, 0.5) is 0 Å². The van der Waals surface area contributed by atoms with Crippen LogP contribution in [0, 0.1) is 3.57 Å². The lowest BCUT2D eigenvalue weighted by molar-refractivity contribution is -0.0719. The molecule has 1 aromatic rings. The number of halogens is 1. The third-order valence-corrected chi connectivity index (χ3v) is 3.21. The predicted molar refractivity (Wildman–Crippen MR) is 70.6 cm³/mol. The van der Waals surface area contributed by atoms with E-state index >= 15 is 0 Å². The highest BCUT2D eigenvalue weighted by molar-refractivity contribution is 14.1. The number of hydrogen-bond acceptors (Lipinski definition) is 4. The van der Waals surface area contributed by atoms with Crippen molar-refractivity contribution >= 4 is 28.4 Å². The molecule has 1 aliphatic rings. The molecule has 1 unspecified atom stereocenters. The fraction of sp³-hybridized carbons (Fsp3) is 0.417. The van der Waals surface area contributed by atoms with E-state index in [1.54, 1.807) is 19.2 Å². The van der Waals surface area contributed by atoms with E-state index in [1.807, 2.05) is 6.07 Å². The first kappa shape index (κ1) is 12.8. The minimum atomic E-state index is -0.518. The van der Waals surface area contributed by atoms with Crippen LogP contribution in [0.25, 0.3) is 0 Å². The lowest BCUT2D eigenvalue weighted by Crippen LogP contribution is -2.35. The zero-order chi connectivity index (χ0) is 12.3. The molecule has 5 heteroatoms. The molecule has 0 amide bonds. The maximum atomic E-state index is 12.2. The highest BCUT2D eigenvalue weighted by Crippen LogP contribution is 2.23. The summed E-state index contributed by atoms with van der Waals surface area (Å²) in [6, 6.07) is 5.49. The molecule has 1 aromatic carbocycles. The monoisotopic (exact) mass is 348 g/mol. The van der Waals surface area contributed by atoms with Crippen LogP contribution < -0.4 is 4.74 Å². The molecule has 0 aliphatic carbocycles. The van der Waals surface area contributed by atoms with Crippen LogP contribution in [0.15, 0.2) is 18.2 Å². The van der Waals surface area contributed by atoms with Crippen molar-refractivity contribution < 1.29 is 19.0 Å². The summed E-state index contributed by atoms with van der Waals surface area (Å²) in [7, 11) is 1.55. The summed E-state index contributed by atoms with van der Waals surface area (Å²) in [5, 5.41) is 0. The molecule has 1 aliphatic heterocycles. The van der Waals surface area contributed by atoms with E-state index in [0.29, 0.717) is 31.1 Å². The summed E-state index contributed by atoms with van der Waals surface area (Å²) in [4.78, 5) is 12.2. The molecule has 0 N–H and O–H groups in total. The molecular weight excluding hydrogens is 335 g/mol. The lowest BCUT2D eigenvalue weighted by Gasteiger charge is -2.22. The van der Waals surface area contributed by atoms with Crippen LogP contribution in [-0.4, -0.2) is 38.8 Å². The van der Waals surface area contributed by atoms with Gasteiger partial charge in [0, 0.05) is 3.57 Å². The first-order chi connectivity index (χ1) is 8.22. The molecule has 4 nitrogen and oxygen atoms in total. The second-order valence-electron chi connectivity index (χ2n) is 3.64. The van der Waals surface area contributed by atoms with Crippen LogP contribution in [0.3, 0.4) is 0 Å². The van der Waals surface area contributed by atoms with E-state index < -0.39 is 6.10 Å². The van der Waals surface area contributed by atoms with Crippen molar-refractivity contribution in [3.8, 4) is 5.75 Å². The quantitative estimate of drug-likeness (QED) is 0.618. The van der Waals surface area contributed by atoms with Crippen molar-refractivity contribution in [2.24, 2.45) is 0 Å². The molecule has 1 fully saturated rings. The first-order valence-corrected chi connectivity index (χ1v) is 6.37. The zero-order valence-corrected chi connectivity index (χ0v) is 11.6. The van der Waals surface area contributed by atoms with Gasteiger partial charge in [-0.2, -0.15) is 0 Å². The molecule has 1 heterocycles. The maximum absolute atomic E-state index is 12.2. The van der Waals surface area contributed by atoms with Crippen molar-refractivity contribution in [3.05, 3.63) is 27.3 Å². The topological polar surface area (TPSA) is 44.8 Å². The highest BCUT2D eigenvalue weighted by atomic mass is 127. The van der Waals surface area contributed by atoms with Gasteiger partial charge >= 0.3 is 0 Å². The third-order valence-electron chi connectivity index (χ3n) is 2.54. The van der Waals surface area contributed by atoms with Crippen LogP contribution in [0.5, 0.6) is 5.75 Å². The average molecular weight is 348 g/mol. The van der Waals surface area contributed by atoms with Gasteiger partial charge in [-0.05, 0) is 40.8 Å². The van der Waals surface area contributed by atoms with E-state index in [0.717, 1.165) is 3.57 Å². The Morgan fingerprint density at radius 2 is 2.29 bits per heavy atom. The van der Waals surface area contributed by atoms with E-state index in [4.69, 9.17) is 14.2 Å². The van der Waals surface area contributed by atoms with E-state index in [9.17, 15) is 4.79 Å². The largest absolute Gasteiger partial charge is 0.496 e. The normalized spacial score (nSPS) is 20.0. The molecule has 0 aromatic heterocycles. The molecule has 1 saturated heterocycles. The van der Waals surface area contributed by atoms with Gasteiger partial charge in [0.2, 0.25) is 0 Å². The molecule has 1 atom stereocenters. The fourth-order valence-electron chi connectivity index (χ4n) is 1.69. The third kappa shape index (κ3) is 2.97. The summed E-state index contributed by atoms with van der Waals surface area (Å²) >= 11 is 2.16. The maximum Gasteiger partial charge on any atom is 0.197 e. The van der Waals surface area contributed by atoms with Gasteiger partial charge in [-0.25, -0.2) is 0 Å². The molecule has 0 radical (unpaired) electrons.